The van der Waals surface area contributed by atoms with E-state index in [1.807, 2.05) is 5.92 Å². The van der Waals surface area contributed by atoms with Crippen LogP contribution in [0.25, 0.3) is 22.3 Å². The zero-order valence-corrected chi connectivity index (χ0v) is 22.8. The van der Waals surface area contributed by atoms with Crippen LogP contribution < -0.4 is 11.5 Å². The summed E-state index contributed by atoms with van der Waals surface area (Å²) < 4.78 is 12.5. The molecule has 5 rings (SSSR count). The van der Waals surface area contributed by atoms with Gasteiger partial charge in [0.2, 0.25) is 5.28 Å². The SMILES string of the molecule is C#C[C@@]1(O)[C@@H](COC(Cc2ccc(-c3cccnc3N)cc2)(C(=O)O)C(=O)O)O[C@@H](n2cnc3c(N)nc(Cl)nc32)[C@@H]1O. The highest BCUT2D eigenvalue weighted by Gasteiger charge is 2.58. The van der Waals surface area contributed by atoms with Crippen molar-refractivity contribution < 1.29 is 39.5 Å². The van der Waals surface area contributed by atoms with Crippen molar-refractivity contribution in [3.63, 3.8) is 0 Å². The number of ether oxygens (including phenoxy) is 2. The van der Waals surface area contributed by atoms with Gasteiger partial charge < -0.3 is 41.4 Å². The lowest BCUT2D eigenvalue weighted by atomic mass is 9.91. The van der Waals surface area contributed by atoms with Crippen LogP contribution in [0.3, 0.4) is 0 Å². The Morgan fingerprint density at radius 2 is 1.84 bits per heavy atom. The second kappa shape index (κ2) is 11.1. The maximum Gasteiger partial charge on any atom is 0.348 e. The Kier molecular flexibility index (Phi) is 7.65. The minimum absolute atomic E-state index is 0.0457. The van der Waals surface area contributed by atoms with E-state index in [0.717, 1.165) is 0 Å². The molecule has 1 saturated heterocycles. The third kappa shape index (κ3) is 5.07. The van der Waals surface area contributed by atoms with Crippen molar-refractivity contribution in [3.8, 4) is 23.5 Å². The third-order valence-electron chi connectivity index (χ3n) is 7.17. The van der Waals surface area contributed by atoms with E-state index in [1.165, 1.54) is 29.2 Å². The normalized spacial score (nSPS) is 22.0. The standard InChI is InChI=1S/C27H24ClN7O8/c1-2-26(41)16(43-22(18(26)36)35-12-32-17-20(30)33-25(28)34-21(17)35)11-42-27(23(37)38,24(39)40)10-13-5-7-14(8-6-13)15-4-3-9-31-19(15)29/h1,3-9,12,16,18,22,36,41H,10-11H2,(H2,29,31)(H,37,38)(H,39,40)(H2,30,33,34)/t16-,18+,22-,26-/m1/s1. The number of aliphatic carboxylic acids is 2. The number of fused-ring (bicyclic) bond motifs is 1. The van der Waals surface area contributed by atoms with Crippen LogP contribution in [-0.2, 0) is 25.5 Å². The number of benzene rings is 1. The van der Waals surface area contributed by atoms with Crippen LogP contribution >= 0.6 is 11.6 Å². The Labute approximate surface area is 247 Å². The number of halogens is 1. The molecule has 0 radical (unpaired) electrons. The smallest absolute Gasteiger partial charge is 0.348 e. The number of imidazole rings is 1. The topological polar surface area (TPSA) is 242 Å². The lowest BCUT2D eigenvalue weighted by Crippen LogP contribution is -2.55. The van der Waals surface area contributed by atoms with E-state index >= 15 is 0 Å². The number of hydrogen-bond acceptors (Lipinski definition) is 12. The number of aliphatic hydroxyl groups is 2. The Balaban J connectivity index is 1.41. The number of anilines is 2. The average Bonchev–Trinajstić information content (AvgIpc) is 3.50. The van der Waals surface area contributed by atoms with Crippen LogP contribution in [-0.4, -0.2) is 86.9 Å². The maximum absolute atomic E-state index is 12.4. The van der Waals surface area contributed by atoms with Crippen LogP contribution in [0, 0.1) is 12.3 Å². The van der Waals surface area contributed by atoms with E-state index in [1.54, 1.807) is 24.3 Å². The largest absolute Gasteiger partial charge is 0.479 e. The summed E-state index contributed by atoms with van der Waals surface area (Å²) in [5.41, 5.74) is 8.26. The first-order valence-corrected chi connectivity index (χ1v) is 12.9. The summed E-state index contributed by atoms with van der Waals surface area (Å²) in [6.45, 7) is -0.846. The number of nitrogens with zero attached hydrogens (tertiary/aromatic N) is 5. The number of pyridine rings is 1. The number of nitrogen functional groups attached to an aromatic ring is 2. The zero-order valence-electron chi connectivity index (χ0n) is 22.0. The number of rotatable bonds is 9. The molecule has 4 aromatic rings. The molecule has 1 aliphatic heterocycles. The van der Waals surface area contributed by atoms with Crippen molar-refractivity contribution >= 4 is 46.3 Å². The van der Waals surface area contributed by atoms with Crippen molar-refractivity contribution in [2.75, 3.05) is 18.1 Å². The lowest BCUT2D eigenvalue weighted by molar-refractivity contribution is -0.191. The second-order valence-electron chi connectivity index (χ2n) is 9.69. The first kappa shape index (κ1) is 29.6. The van der Waals surface area contributed by atoms with Gasteiger partial charge in [-0.15, -0.1) is 6.42 Å². The summed E-state index contributed by atoms with van der Waals surface area (Å²) in [4.78, 5) is 40.7. The van der Waals surface area contributed by atoms with Crippen LogP contribution in [0.5, 0.6) is 0 Å². The number of nitrogens with two attached hydrogens (primary N) is 2. The molecule has 43 heavy (non-hydrogen) atoms. The van der Waals surface area contributed by atoms with Gasteiger partial charge in [-0.2, -0.15) is 9.97 Å². The highest BCUT2D eigenvalue weighted by Crippen LogP contribution is 2.39. The van der Waals surface area contributed by atoms with Crippen molar-refractivity contribution in [1.82, 2.24) is 24.5 Å². The molecule has 1 aliphatic rings. The number of hydrogen-bond donors (Lipinski definition) is 6. The molecule has 0 spiro atoms. The summed E-state index contributed by atoms with van der Waals surface area (Å²) in [6.07, 6.45) is 2.81. The number of aliphatic hydroxyl groups excluding tert-OH is 1. The van der Waals surface area contributed by atoms with Gasteiger partial charge in [0.25, 0.3) is 5.60 Å². The summed E-state index contributed by atoms with van der Waals surface area (Å²) in [5.74, 6) is -1.36. The third-order valence-corrected chi connectivity index (χ3v) is 7.34. The van der Waals surface area contributed by atoms with Crippen LogP contribution in [0.15, 0.2) is 48.9 Å². The molecule has 4 atom stereocenters. The lowest BCUT2D eigenvalue weighted by Gasteiger charge is -2.30. The van der Waals surface area contributed by atoms with E-state index < -0.39 is 54.6 Å². The number of carboxylic acids is 2. The number of aromatic nitrogens is 5. The van der Waals surface area contributed by atoms with Crippen LogP contribution in [0.2, 0.25) is 5.28 Å². The fourth-order valence-corrected chi connectivity index (χ4v) is 4.97. The van der Waals surface area contributed by atoms with Crippen molar-refractivity contribution in [1.29, 1.82) is 0 Å². The van der Waals surface area contributed by atoms with E-state index in [0.29, 0.717) is 16.7 Å². The molecule has 1 aromatic carbocycles. The molecule has 0 amide bonds. The van der Waals surface area contributed by atoms with E-state index in [-0.39, 0.29) is 28.1 Å². The fraction of sp³-hybridized carbons (Fsp3) is 0.259. The number of carboxylic acid groups (broad SMARTS) is 2. The quantitative estimate of drug-likeness (QED) is 0.0859. The first-order valence-electron chi connectivity index (χ1n) is 12.5. The molecule has 16 heteroatoms. The molecular weight excluding hydrogens is 586 g/mol. The molecule has 0 saturated carbocycles. The van der Waals surface area contributed by atoms with Gasteiger partial charge in [-0.05, 0) is 34.9 Å². The van der Waals surface area contributed by atoms with E-state index in [9.17, 15) is 30.0 Å². The molecule has 3 aromatic heterocycles. The predicted molar refractivity (Wildman–Crippen MR) is 150 cm³/mol. The predicted octanol–water partition coefficient (Wildman–Crippen LogP) is 0.496. The molecule has 222 valence electrons. The molecule has 0 aliphatic carbocycles. The van der Waals surface area contributed by atoms with E-state index in [2.05, 4.69) is 19.9 Å². The van der Waals surface area contributed by atoms with Crippen LogP contribution in [0.1, 0.15) is 11.8 Å². The molecular formula is C27H24ClN7O8. The molecule has 0 bridgehead atoms. The van der Waals surface area contributed by atoms with Gasteiger partial charge >= 0.3 is 11.9 Å². The Morgan fingerprint density at radius 3 is 2.47 bits per heavy atom. The second-order valence-corrected chi connectivity index (χ2v) is 10.0. The Hall–Kier alpha value is -4.85. The molecule has 4 heterocycles. The number of terminal acetylenes is 1. The monoisotopic (exact) mass is 609 g/mol. The summed E-state index contributed by atoms with van der Waals surface area (Å²) in [6, 6.07) is 9.76. The van der Waals surface area contributed by atoms with Gasteiger partial charge in [0.15, 0.2) is 23.3 Å². The molecule has 1 fully saturated rings. The number of carbonyl (C=O) groups is 2. The minimum Gasteiger partial charge on any atom is -0.479 e. The van der Waals surface area contributed by atoms with Gasteiger partial charge in [0, 0.05) is 18.2 Å². The van der Waals surface area contributed by atoms with Gasteiger partial charge in [0.05, 0.1) is 12.9 Å². The van der Waals surface area contributed by atoms with Gasteiger partial charge in [-0.3, -0.25) is 4.57 Å². The molecule has 8 N–H and O–H groups in total. The molecule has 15 nitrogen and oxygen atoms in total. The minimum atomic E-state index is -2.83. The van der Waals surface area contributed by atoms with Crippen LogP contribution in [0.4, 0.5) is 11.6 Å². The zero-order chi connectivity index (χ0) is 31.1. The summed E-state index contributed by atoms with van der Waals surface area (Å²) in [5, 5.41) is 42.0. The Morgan fingerprint density at radius 1 is 1.14 bits per heavy atom. The highest BCUT2D eigenvalue weighted by atomic mass is 35.5. The van der Waals surface area contributed by atoms with Crippen molar-refractivity contribution in [3.05, 3.63) is 59.8 Å². The fourth-order valence-electron chi connectivity index (χ4n) is 4.80. The summed E-state index contributed by atoms with van der Waals surface area (Å²) >= 11 is 5.91. The van der Waals surface area contributed by atoms with Gasteiger partial charge in [-0.25, -0.2) is 19.6 Å². The maximum atomic E-state index is 12.4. The van der Waals surface area contributed by atoms with Crippen molar-refractivity contribution in [2.24, 2.45) is 0 Å². The molecule has 0 unspecified atom stereocenters. The Bertz CT molecular complexity index is 1740. The van der Waals surface area contributed by atoms with Gasteiger partial charge in [0.1, 0.15) is 23.5 Å². The first-order chi connectivity index (χ1) is 20.4. The van der Waals surface area contributed by atoms with E-state index in [4.69, 9.17) is 39.0 Å². The highest BCUT2D eigenvalue weighted by molar-refractivity contribution is 6.28. The van der Waals surface area contributed by atoms with Gasteiger partial charge in [-0.1, -0.05) is 30.2 Å². The van der Waals surface area contributed by atoms with Crippen molar-refractivity contribution in [2.45, 2.75) is 36.1 Å². The average molecular weight is 610 g/mol. The summed E-state index contributed by atoms with van der Waals surface area (Å²) in [7, 11) is 0.